The first-order valence-electron chi connectivity index (χ1n) is 5.47. The summed E-state index contributed by atoms with van der Waals surface area (Å²) >= 11 is 0. The Morgan fingerprint density at radius 1 is 1.44 bits per heavy atom. The van der Waals surface area contributed by atoms with Crippen molar-refractivity contribution in [2.24, 2.45) is 5.73 Å². The molecule has 1 aliphatic rings. The van der Waals surface area contributed by atoms with Gasteiger partial charge >= 0.3 is 0 Å². The molecule has 0 aromatic rings. The Bertz CT molecular complexity index is 301. The molecule has 16 heavy (non-hydrogen) atoms. The van der Waals surface area contributed by atoms with E-state index in [1.807, 2.05) is 0 Å². The summed E-state index contributed by atoms with van der Waals surface area (Å²) in [6.45, 7) is 2.07. The van der Waals surface area contributed by atoms with Gasteiger partial charge in [0, 0.05) is 27.2 Å². The molecule has 0 amide bonds. The quantitative estimate of drug-likeness (QED) is 0.673. The number of hydrogen-bond acceptors (Lipinski definition) is 4. The van der Waals surface area contributed by atoms with Crippen molar-refractivity contribution in [3.63, 3.8) is 0 Å². The number of hydrogen-bond donors (Lipinski definition) is 1. The third-order valence-electron chi connectivity index (χ3n) is 2.85. The van der Waals surface area contributed by atoms with Gasteiger partial charge in [-0.05, 0) is 19.4 Å². The van der Waals surface area contributed by atoms with Crippen LogP contribution in [-0.2, 0) is 14.9 Å². The van der Waals surface area contributed by atoms with Crippen LogP contribution >= 0.6 is 0 Å². The number of likely N-dealkylation sites (N-methyl/N-ethyl adjacent to an activating group) is 1. The molecule has 1 unspecified atom stereocenters. The zero-order valence-electron chi connectivity index (χ0n) is 9.92. The summed E-state index contributed by atoms with van der Waals surface area (Å²) in [6, 6.07) is -0.0367. The molecule has 0 aliphatic carbocycles. The van der Waals surface area contributed by atoms with Crippen molar-refractivity contribution in [2.75, 3.05) is 40.4 Å². The maximum atomic E-state index is 12.1. The lowest BCUT2D eigenvalue weighted by Gasteiger charge is -2.27. The predicted molar refractivity (Wildman–Crippen MR) is 62.2 cm³/mol. The van der Waals surface area contributed by atoms with Crippen molar-refractivity contribution in [1.82, 2.24) is 8.61 Å². The average Bonchev–Trinajstić information content (AvgIpc) is 2.77. The Morgan fingerprint density at radius 3 is 2.62 bits per heavy atom. The number of rotatable bonds is 6. The topological polar surface area (TPSA) is 75.9 Å². The molecule has 2 N–H and O–H groups in total. The summed E-state index contributed by atoms with van der Waals surface area (Å²) < 4.78 is 32.1. The number of ether oxygens (including phenoxy) is 1. The van der Waals surface area contributed by atoms with Crippen molar-refractivity contribution in [1.29, 1.82) is 0 Å². The summed E-state index contributed by atoms with van der Waals surface area (Å²) in [7, 11) is -0.178. The second-order valence-corrected chi connectivity index (χ2v) is 6.10. The molecular formula is C9H21N3O3S. The molecule has 1 rings (SSSR count). The molecule has 1 aliphatic heterocycles. The second kappa shape index (κ2) is 5.92. The van der Waals surface area contributed by atoms with Gasteiger partial charge in [-0.15, -0.1) is 0 Å². The van der Waals surface area contributed by atoms with Crippen LogP contribution in [0.15, 0.2) is 0 Å². The molecule has 0 saturated carbocycles. The minimum absolute atomic E-state index is 0.0367. The van der Waals surface area contributed by atoms with Crippen LogP contribution in [-0.4, -0.2) is 63.5 Å². The maximum Gasteiger partial charge on any atom is 0.281 e. The molecule has 0 aromatic carbocycles. The molecule has 1 heterocycles. The zero-order chi connectivity index (χ0) is 12.2. The first kappa shape index (κ1) is 13.9. The van der Waals surface area contributed by atoms with E-state index in [0.29, 0.717) is 32.7 Å². The first-order chi connectivity index (χ1) is 7.50. The highest BCUT2D eigenvalue weighted by Crippen LogP contribution is 2.16. The Kier molecular flexibility index (Phi) is 5.13. The minimum atomic E-state index is -3.36. The molecule has 1 saturated heterocycles. The van der Waals surface area contributed by atoms with Crippen molar-refractivity contribution in [2.45, 2.75) is 18.9 Å². The van der Waals surface area contributed by atoms with Gasteiger partial charge in [0.1, 0.15) is 0 Å². The third kappa shape index (κ3) is 3.14. The Morgan fingerprint density at radius 2 is 2.12 bits per heavy atom. The van der Waals surface area contributed by atoms with E-state index in [1.54, 1.807) is 14.1 Å². The van der Waals surface area contributed by atoms with Crippen molar-refractivity contribution in [3.05, 3.63) is 0 Å². The molecule has 0 aromatic heterocycles. The van der Waals surface area contributed by atoms with Gasteiger partial charge < -0.3 is 10.5 Å². The monoisotopic (exact) mass is 251 g/mol. The van der Waals surface area contributed by atoms with Gasteiger partial charge in [-0.1, -0.05) is 0 Å². The summed E-state index contributed by atoms with van der Waals surface area (Å²) in [6.07, 6.45) is 1.44. The van der Waals surface area contributed by atoms with E-state index in [-0.39, 0.29) is 6.04 Å². The van der Waals surface area contributed by atoms with Crippen LogP contribution in [0.1, 0.15) is 12.8 Å². The van der Waals surface area contributed by atoms with E-state index in [0.717, 1.165) is 6.42 Å². The van der Waals surface area contributed by atoms with Crippen molar-refractivity contribution in [3.8, 4) is 0 Å². The van der Waals surface area contributed by atoms with Crippen LogP contribution in [0.2, 0.25) is 0 Å². The van der Waals surface area contributed by atoms with Crippen LogP contribution in [0.5, 0.6) is 0 Å². The average molecular weight is 251 g/mol. The molecule has 0 bridgehead atoms. The molecular weight excluding hydrogens is 230 g/mol. The summed E-state index contributed by atoms with van der Waals surface area (Å²) in [5.41, 5.74) is 5.36. The molecule has 0 radical (unpaired) electrons. The summed E-state index contributed by atoms with van der Waals surface area (Å²) in [5, 5.41) is 0. The maximum absolute atomic E-state index is 12.1. The van der Waals surface area contributed by atoms with Crippen LogP contribution in [0.3, 0.4) is 0 Å². The second-order valence-electron chi connectivity index (χ2n) is 4.01. The standard InChI is InChI=1S/C9H21N3O3S/c1-11(6-3-5-10)16(13,14)12(2)9-4-7-15-8-9/h9H,3-8,10H2,1-2H3. The van der Waals surface area contributed by atoms with Gasteiger partial charge in [0.2, 0.25) is 0 Å². The largest absolute Gasteiger partial charge is 0.380 e. The van der Waals surface area contributed by atoms with Crippen LogP contribution in [0.25, 0.3) is 0 Å². The highest BCUT2D eigenvalue weighted by Gasteiger charge is 2.31. The zero-order valence-corrected chi connectivity index (χ0v) is 10.7. The molecule has 96 valence electrons. The van der Waals surface area contributed by atoms with Crippen LogP contribution < -0.4 is 5.73 Å². The molecule has 7 heteroatoms. The summed E-state index contributed by atoms with van der Waals surface area (Å²) in [5.74, 6) is 0. The van der Waals surface area contributed by atoms with E-state index in [4.69, 9.17) is 10.5 Å². The predicted octanol–water partition coefficient (Wildman–Crippen LogP) is -0.767. The van der Waals surface area contributed by atoms with E-state index >= 15 is 0 Å². The Labute approximate surface area is 97.5 Å². The third-order valence-corrected chi connectivity index (χ3v) is 4.85. The van der Waals surface area contributed by atoms with E-state index < -0.39 is 10.2 Å². The van der Waals surface area contributed by atoms with Gasteiger partial charge in [-0.2, -0.15) is 17.0 Å². The lowest BCUT2D eigenvalue weighted by Crippen LogP contribution is -2.45. The van der Waals surface area contributed by atoms with Gasteiger partial charge in [-0.3, -0.25) is 0 Å². The van der Waals surface area contributed by atoms with Crippen LogP contribution in [0, 0.1) is 0 Å². The lowest BCUT2D eigenvalue weighted by atomic mass is 10.3. The molecule has 0 spiro atoms. The van der Waals surface area contributed by atoms with E-state index in [2.05, 4.69) is 0 Å². The van der Waals surface area contributed by atoms with Crippen molar-refractivity contribution < 1.29 is 13.2 Å². The Balaban J connectivity index is 2.60. The smallest absolute Gasteiger partial charge is 0.281 e. The molecule has 1 fully saturated rings. The summed E-state index contributed by atoms with van der Waals surface area (Å²) in [4.78, 5) is 0. The number of nitrogens with zero attached hydrogens (tertiary/aromatic N) is 2. The number of nitrogens with two attached hydrogens (primary N) is 1. The van der Waals surface area contributed by atoms with Crippen molar-refractivity contribution >= 4 is 10.2 Å². The van der Waals surface area contributed by atoms with Gasteiger partial charge in [0.25, 0.3) is 10.2 Å². The Hall–Kier alpha value is -0.210. The molecule has 6 nitrogen and oxygen atoms in total. The van der Waals surface area contributed by atoms with Gasteiger partial charge in [-0.25, -0.2) is 0 Å². The van der Waals surface area contributed by atoms with E-state index in [9.17, 15) is 8.42 Å². The SMILES string of the molecule is CN(CCCN)S(=O)(=O)N(C)C1CCOC1. The molecule has 1 atom stereocenters. The highest BCUT2D eigenvalue weighted by atomic mass is 32.2. The highest BCUT2D eigenvalue weighted by molar-refractivity contribution is 7.86. The fourth-order valence-corrected chi connectivity index (χ4v) is 2.99. The first-order valence-corrected chi connectivity index (χ1v) is 6.87. The van der Waals surface area contributed by atoms with E-state index in [1.165, 1.54) is 8.61 Å². The fraction of sp³-hybridized carbons (Fsp3) is 1.00. The van der Waals surface area contributed by atoms with Crippen LogP contribution in [0.4, 0.5) is 0 Å². The lowest BCUT2D eigenvalue weighted by molar-refractivity contribution is 0.179. The minimum Gasteiger partial charge on any atom is -0.380 e. The van der Waals surface area contributed by atoms with Gasteiger partial charge in [0.15, 0.2) is 0 Å². The normalized spacial score (nSPS) is 22.2. The fourth-order valence-electron chi connectivity index (χ4n) is 1.65. The van der Waals surface area contributed by atoms with Gasteiger partial charge in [0.05, 0.1) is 12.6 Å².